The minimum absolute atomic E-state index is 0.0385. The van der Waals surface area contributed by atoms with Crippen molar-refractivity contribution in [3.63, 3.8) is 0 Å². The summed E-state index contributed by atoms with van der Waals surface area (Å²) in [6.45, 7) is 4.12. The number of rotatable bonds is 5. The fourth-order valence-corrected chi connectivity index (χ4v) is 4.34. The number of furan rings is 1. The van der Waals surface area contributed by atoms with E-state index < -0.39 is 16.3 Å². The maximum atomic E-state index is 12.5. The van der Waals surface area contributed by atoms with Gasteiger partial charge < -0.3 is 9.52 Å². The highest BCUT2D eigenvalue weighted by Gasteiger charge is 2.24. The van der Waals surface area contributed by atoms with E-state index in [0.717, 1.165) is 10.9 Å². The molecule has 26 heavy (non-hydrogen) atoms. The molecule has 0 fully saturated rings. The topological polar surface area (TPSA) is 79.5 Å². The molecule has 0 radical (unpaired) electrons. The predicted molar refractivity (Wildman–Crippen MR) is 102 cm³/mol. The van der Waals surface area contributed by atoms with Gasteiger partial charge in [0.15, 0.2) is 6.23 Å². The van der Waals surface area contributed by atoms with E-state index in [-0.39, 0.29) is 15.7 Å². The van der Waals surface area contributed by atoms with Crippen molar-refractivity contribution in [3.05, 3.63) is 63.8 Å². The third-order valence-corrected chi connectivity index (χ3v) is 6.08. The van der Waals surface area contributed by atoms with Crippen molar-refractivity contribution in [2.45, 2.75) is 30.9 Å². The third kappa shape index (κ3) is 3.89. The summed E-state index contributed by atoms with van der Waals surface area (Å²) in [4.78, 5) is -0.180. The van der Waals surface area contributed by atoms with Crippen LogP contribution in [0.25, 0.3) is 11.0 Å². The van der Waals surface area contributed by atoms with Gasteiger partial charge in [-0.25, -0.2) is 8.42 Å². The first-order valence-corrected chi connectivity index (χ1v) is 10.1. The van der Waals surface area contributed by atoms with Gasteiger partial charge in [-0.15, -0.1) is 0 Å². The van der Waals surface area contributed by atoms with Crippen molar-refractivity contribution in [1.82, 2.24) is 4.72 Å². The molecule has 0 bridgehead atoms. The predicted octanol–water partition coefficient (Wildman–Crippen LogP) is 4.83. The monoisotopic (exact) mass is 413 g/mol. The van der Waals surface area contributed by atoms with Gasteiger partial charge in [0, 0.05) is 10.4 Å². The van der Waals surface area contributed by atoms with Gasteiger partial charge in [-0.1, -0.05) is 49.2 Å². The van der Waals surface area contributed by atoms with Gasteiger partial charge in [-0.05, 0) is 41.8 Å². The molecule has 1 aromatic heterocycles. The summed E-state index contributed by atoms with van der Waals surface area (Å²) in [5.74, 6) is 0.415. The summed E-state index contributed by atoms with van der Waals surface area (Å²) in [7, 11) is -4.06. The number of hydrogen-bond acceptors (Lipinski definition) is 4. The molecule has 0 saturated carbocycles. The number of halogens is 2. The lowest BCUT2D eigenvalue weighted by Gasteiger charge is -2.12. The van der Waals surface area contributed by atoms with Crippen LogP contribution in [0.1, 0.15) is 37.3 Å². The smallest absolute Gasteiger partial charge is 0.244 e. The number of sulfonamides is 1. The first-order chi connectivity index (χ1) is 12.2. The highest BCUT2D eigenvalue weighted by Crippen LogP contribution is 2.29. The van der Waals surface area contributed by atoms with Crippen molar-refractivity contribution < 1.29 is 17.9 Å². The second-order valence-corrected chi connectivity index (χ2v) is 8.73. The summed E-state index contributed by atoms with van der Waals surface area (Å²) in [6, 6.07) is 11.3. The second kappa shape index (κ2) is 7.21. The highest BCUT2D eigenvalue weighted by atomic mass is 35.5. The molecular formula is C18H17Cl2NO4S. The molecule has 138 valence electrons. The molecular weight excluding hydrogens is 397 g/mol. The fraction of sp³-hybridized carbons (Fsp3) is 0.222. The van der Waals surface area contributed by atoms with Crippen molar-refractivity contribution in [1.29, 1.82) is 0 Å². The van der Waals surface area contributed by atoms with Crippen LogP contribution in [0.4, 0.5) is 0 Å². The summed E-state index contributed by atoms with van der Waals surface area (Å²) >= 11 is 11.7. The SMILES string of the molecule is CC(C)c1ccc2cc(C(O)NS(=O)(=O)c3ccc(Cl)cc3Cl)oc2c1. The highest BCUT2D eigenvalue weighted by molar-refractivity contribution is 7.89. The lowest BCUT2D eigenvalue weighted by atomic mass is 10.0. The molecule has 3 rings (SSSR count). The maximum absolute atomic E-state index is 12.5. The third-order valence-electron chi connectivity index (χ3n) is 3.95. The van der Waals surface area contributed by atoms with Gasteiger partial charge in [0.1, 0.15) is 16.2 Å². The van der Waals surface area contributed by atoms with Crippen LogP contribution in [-0.2, 0) is 10.0 Å². The molecule has 5 nitrogen and oxygen atoms in total. The molecule has 3 aromatic rings. The molecule has 0 aliphatic carbocycles. The average molecular weight is 414 g/mol. The lowest BCUT2D eigenvalue weighted by Crippen LogP contribution is -2.28. The molecule has 8 heteroatoms. The molecule has 0 aliphatic rings. The van der Waals surface area contributed by atoms with Crippen LogP contribution in [0.5, 0.6) is 0 Å². The minimum atomic E-state index is -4.06. The van der Waals surface area contributed by atoms with Gasteiger partial charge >= 0.3 is 0 Å². The van der Waals surface area contributed by atoms with Crippen LogP contribution >= 0.6 is 23.2 Å². The number of aliphatic hydroxyl groups excluding tert-OH is 1. The zero-order valence-corrected chi connectivity index (χ0v) is 16.4. The van der Waals surface area contributed by atoms with Crippen molar-refractivity contribution in [3.8, 4) is 0 Å². The summed E-state index contributed by atoms with van der Waals surface area (Å²) in [5, 5.41) is 11.3. The largest absolute Gasteiger partial charge is 0.457 e. The van der Waals surface area contributed by atoms with E-state index in [2.05, 4.69) is 18.6 Å². The normalized spacial score (nSPS) is 13.5. The van der Waals surface area contributed by atoms with Crippen LogP contribution in [0, 0.1) is 0 Å². The minimum Gasteiger partial charge on any atom is -0.457 e. The Morgan fingerprint density at radius 1 is 1.08 bits per heavy atom. The molecule has 2 aromatic carbocycles. The lowest BCUT2D eigenvalue weighted by molar-refractivity contribution is 0.141. The second-order valence-electron chi connectivity index (χ2n) is 6.20. The Hall–Kier alpha value is -1.57. The van der Waals surface area contributed by atoms with Crippen LogP contribution in [0.3, 0.4) is 0 Å². The van der Waals surface area contributed by atoms with Gasteiger partial charge in [0.2, 0.25) is 10.0 Å². The quantitative estimate of drug-likeness (QED) is 0.586. The van der Waals surface area contributed by atoms with Gasteiger partial charge in [-0.2, -0.15) is 4.72 Å². The number of nitrogens with one attached hydrogen (secondary N) is 1. The maximum Gasteiger partial charge on any atom is 0.244 e. The van der Waals surface area contributed by atoms with Gasteiger partial charge in [0.05, 0.1) is 5.02 Å². The molecule has 0 aliphatic heterocycles. The Labute approximate surface area is 161 Å². The summed E-state index contributed by atoms with van der Waals surface area (Å²) in [5.41, 5.74) is 1.66. The molecule has 1 atom stereocenters. The molecule has 2 N–H and O–H groups in total. The Kier molecular flexibility index (Phi) is 5.33. The number of fused-ring (bicyclic) bond motifs is 1. The molecule has 1 unspecified atom stereocenters. The van der Waals surface area contributed by atoms with Crippen LogP contribution in [0.15, 0.2) is 51.8 Å². The Morgan fingerprint density at radius 2 is 1.81 bits per heavy atom. The van der Waals surface area contributed by atoms with E-state index in [4.69, 9.17) is 27.6 Å². The molecule has 0 spiro atoms. The fourth-order valence-electron chi connectivity index (χ4n) is 2.52. The van der Waals surface area contributed by atoms with E-state index in [1.54, 1.807) is 6.07 Å². The van der Waals surface area contributed by atoms with Gasteiger partial charge in [-0.3, -0.25) is 0 Å². The van der Waals surface area contributed by atoms with Crippen molar-refractivity contribution >= 4 is 44.2 Å². The van der Waals surface area contributed by atoms with E-state index >= 15 is 0 Å². The number of hydrogen-bond donors (Lipinski definition) is 2. The Balaban J connectivity index is 1.89. The number of aliphatic hydroxyl groups is 1. The Bertz CT molecular complexity index is 1060. The summed E-state index contributed by atoms with van der Waals surface area (Å²) in [6.07, 6.45) is -1.55. The first-order valence-electron chi connectivity index (χ1n) is 7.86. The average Bonchev–Trinajstić information content (AvgIpc) is 2.97. The number of benzene rings is 2. The van der Waals surface area contributed by atoms with E-state index in [1.807, 2.05) is 18.2 Å². The molecule has 1 heterocycles. The van der Waals surface area contributed by atoms with Crippen molar-refractivity contribution in [2.24, 2.45) is 0 Å². The van der Waals surface area contributed by atoms with E-state index in [1.165, 1.54) is 18.2 Å². The zero-order valence-electron chi connectivity index (χ0n) is 14.0. The van der Waals surface area contributed by atoms with Crippen LogP contribution < -0.4 is 4.72 Å². The Morgan fingerprint density at radius 3 is 2.46 bits per heavy atom. The van der Waals surface area contributed by atoms with Crippen LogP contribution in [-0.4, -0.2) is 13.5 Å². The standard InChI is InChI=1S/C18H17Cl2NO4S/c1-10(2)11-3-4-12-8-16(25-15(12)7-11)18(22)21-26(23,24)17-6-5-13(19)9-14(17)20/h3-10,18,21-22H,1-2H3. The van der Waals surface area contributed by atoms with E-state index in [0.29, 0.717) is 16.5 Å². The van der Waals surface area contributed by atoms with Crippen molar-refractivity contribution in [2.75, 3.05) is 0 Å². The molecule has 0 amide bonds. The van der Waals surface area contributed by atoms with Crippen LogP contribution in [0.2, 0.25) is 10.0 Å². The molecule has 0 saturated heterocycles. The summed E-state index contributed by atoms with van der Waals surface area (Å²) < 4.78 is 32.7. The zero-order chi connectivity index (χ0) is 19.1. The van der Waals surface area contributed by atoms with Gasteiger partial charge in [0.25, 0.3) is 0 Å². The first kappa shape index (κ1) is 19.2. The van der Waals surface area contributed by atoms with E-state index in [9.17, 15) is 13.5 Å².